The Labute approximate surface area is 98.7 Å². The summed E-state index contributed by atoms with van der Waals surface area (Å²) in [6.45, 7) is 5.85. The number of rotatable bonds is 3. The van der Waals surface area contributed by atoms with E-state index in [0.29, 0.717) is 13.0 Å². The molecule has 1 unspecified atom stereocenters. The summed E-state index contributed by atoms with van der Waals surface area (Å²) in [6.07, 6.45) is 3.41. The minimum absolute atomic E-state index is 0.0111. The minimum atomic E-state index is -3.25. The fourth-order valence-electron chi connectivity index (χ4n) is 2.08. The van der Waals surface area contributed by atoms with Crippen LogP contribution in [0.15, 0.2) is 0 Å². The molecule has 1 aliphatic heterocycles. The van der Waals surface area contributed by atoms with Crippen molar-refractivity contribution in [1.29, 1.82) is 0 Å². The summed E-state index contributed by atoms with van der Waals surface area (Å²) in [5.41, 5.74) is 0. The van der Waals surface area contributed by atoms with Crippen LogP contribution in [0.25, 0.3) is 0 Å². The number of nitrogens with zero attached hydrogens (tertiary/aromatic N) is 1. The molecule has 0 amide bonds. The van der Waals surface area contributed by atoms with Gasteiger partial charge in [-0.25, -0.2) is 8.42 Å². The lowest BCUT2D eigenvalue weighted by molar-refractivity contribution is 0.190. The van der Waals surface area contributed by atoms with Gasteiger partial charge in [-0.1, -0.05) is 6.42 Å². The van der Waals surface area contributed by atoms with E-state index in [1.165, 1.54) is 0 Å². The standard InChI is InChI=1S/C11H23NO3S/c1-11(2,3)16(14,15)12-8-5-4-6-10(12)7-9-13/h10,13H,4-9H2,1-3H3. The maximum atomic E-state index is 12.3. The first kappa shape index (κ1) is 13.9. The topological polar surface area (TPSA) is 57.6 Å². The molecule has 5 heteroatoms. The third-order valence-electron chi connectivity index (χ3n) is 3.12. The van der Waals surface area contributed by atoms with E-state index >= 15 is 0 Å². The smallest absolute Gasteiger partial charge is 0.219 e. The van der Waals surface area contributed by atoms with E-state index in [1.807, 2.05) is 0 Å². The average Bonchev–Trinajstić information content (AvgIpc) is 2.17. The molecule has 1 atom stereocenters. The van der Waals surface area contributed by atoms with Crippen molar-refractivity contribution in [3.63, 3.8) is 0 Å². The van der Waals surface area contributed by atoms with Gasteiger partial charge in [-0.15, -0.1) is 0 Å². The number of aliphatic hydroxyl groups is 1. The van der Waals surface area contributed by atoms with Gasteiger partial charge in [-0.2, -0.15) is 4.31 Å². The van der Waals surface area contributed by atoms with Crippen molar-refractivity contribution >= 4 is 10.0 Å². The van der Waals surface area contributed by atoms with Crippen LogP contribution in [0.3, 0.4) is 0 Å². The monoisotopic (exact) mass is 249 g/mol. The summed E-state index contributed by atoms with van der Waals surface area (Å²) < 4.78 is 25.5. The van der Waals surface area contributed by atoms with Gasteiger partial charge in [0.05, 0.1) is 4.75 Å². The van der Waals surface area contributed by atoms with Gasteiger partial charge < -0.3 is 5.11 Å². The maximum Gasteiger partial charge on any atom is 0.219 e. The molecule has 4 nitrogen and oxygen atoms in total. The summed E-state index contributed by atoms with van der Waals surface area (Å²) in [6, 6.07) is -0.0111. The molecular formula is C11H23NO3S. The Kier molecular flexibility index (Phi) is 4.37. The molecule has 1 aliphatic rings. The average molecular weight is 249 g/mol. The van der Waals surface area contributed by atoms with Gasteiger partial charge in [0, 0.05) is 19.2 Å². The molecule has 1 fully saturated rings. The lowest BCUT2D eigenvalue weighted by Gasteiger charge is -2.38. The van der Waals surface area contributed by atoms with E-state index in [1.54, 1.807) is 25.1 Å². The van der Waals surface area contributed by atoms with Gasteiger partial charge in [0.15, 0.2) is 0 Å². The second-order valence-electron chi connectivity index (χ2n) is 5.39. The Morgan fingerprint density at radius 2 is 1.94 bits per heavy atom. The van der Waals surface area contributed by atoms with Crippen molar-refractivity contribution in [2.45, 2.75) is 57.2 Å². The van der Waals surface area contributed by atoms with Crippen LogP contribution in [0.1, 0.15) is 46.5 Å². The SMILES string of the molecule is CC(C)(C)S(=O)(=O)N1CCCCC1CCO. The fraction of sp³-hybridized carbons (Fsp3) is 1.00. The third-order valence-corrected chi connectivity index (χ3v) is 5.76. The van der Waals surface area contributed by atoms with Crippen LogP contribution in [0, 0.1) is 0 Å². The number of piperidine rings is 1. The molecule has 0 aromatic carbocycles. The van der Waals surface area contributed by atoms with Gasteiger partial charge in [0.25, 0.3) is 0 Å². The van der Waals surface area contributed by atoms with Crippen LogP contribution in [0.5, 0.6) is 0 Å². The Bertz CT molecular complexity index is 317. The molecule has 1 rings (SSSR count). The van der Waals surface area contributed by atoms with E-state index < -0.39 is 14.8 Å². The molecule has 96 valence electrons. The summed E-state index contributed by atoms with van der Waals surface area (Å²) in [5, 5.41) is 8.98. The molecule has 1 saturated heterocycles. The third kappa shape index (κ3) is 2.76. The summed E-state index contributed by atoms with van der Waals surface area (Å²) in [4.78, 5) is 0. The lowest BCUT2D eigenvalue weighted by Crippen LogP contribution is -2.50. The van der Waals surface area contributed by atoms with Gasteiger partial charge >= 0.3 is 0 Å². The van der Waals surface area contributed by atoms with Crippen molar-refractivity contribution in [3.8, 4) is 0 Å². The quantitative estimate of drug-likeness (QED) is 0.821. The van der Waals surface area contributed by atoms with E-state index in [2.05, 4.69) is 0 Å². The van der Waals surface area contributed by atoms with E-state index in [0.717, 1.165) is 19.3 Å². The van der Waals surface area contributed by atoms with Crippen LogP contribution in [-0.2, 0) is 10.0 Å². The fourth-order valence-corrected chi connectivity index (χ4v) is 3.76. The molecule has 16 heavy (non-hydrogen) atoms. The van der Waals surface area contributed by atoms with Crippen LogP contribution < -0.4 is 0 Å². The van der Waals surface area contributed by atoms with Gasteiger partial charge in [-0.3, -0.25) is 0 Å². The zero-order valence-corrected chi connectivity index (χ0v) is 11.3. The first-order chi connectivity index (χ1) is 7.30. The summed E-state index contributed by atoms with van der Waals surface area (Å²) >= 11 is 0. The highest BCUT2D eigenvalue weighted by atomic mass is 32.2. The highest BCUT2D eigenvalue weighted by Gasteiger charge is 2.39. The number of hydrogen-bond acceptors (Lipinski definition) is 3. The molecule has 0 bridgehead atoms. The van der Waals surface area contributed by atoms with Crippen LogP contribution >= 0.6 is 0 Å². The first-order valence-corrected chi connectivity index (χ1v) is 7.37. The highest BCUT2D eigenvalue weighted by molar-refractivity contribution is 7.90. The van der Waals surface area contributed by atoms with Crippen molar-refractivity contribution in [1.82, 2.24) is 4.31 Å². The van der Waals surface area contributed by atoms with Crippen molar-refractivity contribution in [2.24, 2.45) is 0 Å². The normalized spacial score (nSPS) is 24.6. The van der Waals surface area contributed by atoms with E-state index in [4.69, 9.17) is 5.11 Å². The second-order valence-corrected chi connectivity index (χ2v) is 8.03. The second kappa shape index (κ2) is 5.02. The van der Waals surface area contributed by atoms with Crippen LogP contribution in [0.2, 0.25) is 0 Å². The Morgan fingerprint density at radius 3 is 2.44 bits per heavy atom. The van der Waals surface area contributed by atoms with E-state index in [-0.39, 0.29) is 12.6 Å². The van der Waals surface area contributed by atoms with Crippen LogP contribution in [-0.4, -0.2) is 41.8 Å². The Hall–Kier alpha value is -0.130. The molecule has 0 aliphatic carbocycles. The molecule has 0 radical (unpaired) electrons. The zero-order chi connectivity index (χ0) is 12.4. The zero-order valence-electron chi connectivity index (χ0n) is 10.4. The molecular weight excluding hydrogens is 226 g/mol. The lowest BCUT2D eigenvalue weighted by atomic mass is 10.0. The summed E-state index contributed by atoms with van der Waals surface area (Å²) in [5.74, 6) is 0. The van der Waals surface area contributed by atoms with Crippen molar-refractivity contribution < 1.29 is 13.5 Å². The number of aliphatic hydroxyl groups excluding tert-OH is 1. The van der Waals surface area contributed by atoms with Gasteiger partial charge in [0.2, 0.25) is 10.0 Å². The Balaban J connectivity index is 2.91. The van der Waals surface area contributed by atoms with Crippen molar-refractivity contribution in [3.05, 3.63) is 0 Å². The Morgan fingerprint density at radius 1 is 1.31 bits per heavy atom. The summed E-state index contributed by atoms with van der Waals surface area (Å²) in [7, 11) is -3.25. The molecule has 1 N–H and O–H groups in total. The molecule has 0 spiro atoms. The molecule has 0 aromatic heterocycles. The largest absolute Gasteiger partial charge is 0.396 e. The van der Waals surface area contributed by atoms with Crippen molar-refractivity contribution in [2.75, 3.05) is 13.2 Å². The van der Waals surface area contributed by atoms with E-state index in [9.17, 15) is 8.42 Å². The number of hydrogen-bond donors (Lipinski definition) is 1. The predicted molar refractivity (Wildman–Crippen MR) is 64.7 cm³/mol. The van der Waals surface area contributed by atoms with Gasteiger partial charge in [-0.05, 0) is 40.0 Å². The van der Waals surface area contributed by atoms with Crippen LogP contribution in [0.4, 0.5) is 0 Å². The number of sulfonamides is 1. The first-order valence-electron chi connectivity index (χ1n) is 5.93. The molecule has 0 aromatic rings. The minimum Gasteiger partial charge on any atom is -0.396 e. The highest BCUT2D eigenvalue weighted by Crippen LogP contribution is 2.29. The molecule has 0 saturated carbocycles. The molecule has 1 heterocycles. The predicted octanol–water partition coefficient (Wildman–Crippen LogP) is 1.35. The van der Waals surface area contributed by atoms with Gasteiger partial charge in [0.1, 0.15) is 0 Å². The maximum absolute atomic E-state index is 12.3.